The lowest BCUT2D eigenvalue weighted by molar-refractivity contribution is -0.139. The van der Waals surface area contributed by atoms with Gasteiger partial charge in [0.05, 0.1) is 40.0 Å². The molecule has 0 saturated heterocycles. The predicted molar refractivity (Wildman–Crippen MR) is 134 cm³/mol. The Hall–Kier alpha value is -2.88. The number of thiazole rings is 1. The molecule has 0 radical (unpaired) electrons. The van der Waals surface area contributed by atoms with Crippen LogP contribution < -0.4 is 19.6 Å². The molecule has 1 aliphatic rings. The van der Waals surface area contributed by atoms with Crippen molar-refractivity contribution in [1.82, 2.24) is 4.57 Å². The Labute approximate surface area is 212 Å². The van der Waals surface area contributed by atoms with Gasteiger partial charge >= 0.3 is 5.97 Å². The van der Waals surface area contributed by atoms with E-state index in [2.05, 4.69) is 20.9 Å². The number of halogens is 2. The Kier molecular flexibility index (Phi) is 6.97. The van der Waals surface area contributed by atoms with Gasteiger partial charge in [-0.3, -0.25) is 9.36 Å². The summed E-state index contributed by atoms with van der Waals surface area (Å²) < 4.78 is 13.1. The topological polar surface area (TPSA) is 90.1 Å². The minimum atomic E-state index is -0.757. The van der Waals surface area contributed by atoms with Crippen LogP contribution in [0.2, 0.25) is 5.02 Å². The summed E-state index contributed by atoms with van der Waals surface area (Å²) >= 11 is 10.7. The SMILES string of the molecule is CCOC(=O)C1=C(C)N=c2s/c(=C/c3cc(Cl)ccc3O)c(=O)n2[C@H]1c1ccc(OC)c(Br)c1. The summed E-state index contributed by atoms with van der Waals surface area (Å²) in [6.07, 6.45) is 1.56. The number of esters is 1. The van der Waals surface area contributed by atoms with Gasteiger partial charge in [0, 0.05) is 10.6 Å². The minimum Gasteiger partial charge on any atom is -0.507 e. The third kappa shape index (κ3) is 4.43. The van der Waals surface area contributed by atoms with Crippen LogP contribution in [0.25, 0.3) is 6.08 Å². The molecule has 34 heavy (non-hydrogen) atoms. The predicted octanol–water partition coefficient (Wildman–Crippen LogP) is 3.93. The standard InChI is InChI=1S/C24H20BrClN2O5S/c1-4-33-23(31)20-12(2)27-24-28(21(20)13-5-8-18(32-3)16(25)10-13)22(30)19(34-24)11-14-9-15(26)6-7-17(14)29/h5-11,21,29H,4H2,1-3H3/b19-11+/t21-/m0/s1. The van der Waals surface area contributed by atoms with Crippen LogP contribution in [0.4, 0.5) is 0 Å². The van der Waals surface area contributed by atoms with Gasteiger partial charge in [-0.05, 0) is 71.7 Å². The van der Waals surface area contributed by atoms with Crippen LogP contribution in [0.15, 0.2) is 61.9 Å². The average Bonchev–Trinajstić information content (AvgIpc) is 3.09. The number of hydrogen-bond acceptors (Lipinski definition) is 7. The molecular formula is C24H20BrClN2O5S. The van der Waals surface area contributed by atoms with Gasteiger partial charge in [-0.2, -0.15) is 0 Å². The van der Waals surface area contributed by atoms with Crippen LogP contribution in [0, 0.1) is 0 Å². The normalized spacial score (nSPS) is 15.7. The van der Waals surface area contributed by atoms with Crippen molar-refractivity contribution in [1.29, 1.82) is 0 Å². The van der Waals surface area contributed by atoms with Gasteiger partial charge in [-0.25, -0.2) is 9.79 Å². The first-order valence-corrected chi connectivity index (χ1v) is 12.3. The molecule has 176 valence electrons. The van der Waals surface area contributed by atoms with Gasteiger partial charge < -0.3 is 14.6 Å². The molecule has 0 spiro atoms. The Morgan fingerprint density at radius 1 is 1.32 bits per heavy atom. The second-order valence-electron chi connectivity index (χ2n) is 7.40. The lowest BCUT2D eigenvalue weighted by Crippen LogP contribution is -2.40. The van der Waals surface area contributed by atoms with Crippen LogP contribution in [0.3, 0.4) is 0 Å². The van der Waals surface area contributed by atoms with E-state index in [1.807, 2.05) is 0 Å². The summed E-state index contributed by atoms with van der Waals surface area (Å²) in [4.78, 5) is 31.5. The van der Waals surface area contributed by atoms with E-state index >= 15 is 0 Å². The van der Waals surface area contributed by atoms with Crippen molar-refractivity contribution in [2.45, 2.75) is 19.9 Å². The molecule has 0 saturated carbocycles. The molecule has 2 heterocycles. The van der Waals surface area contributed by atoms with Crippen LogP contribution in [-0.2, 0) is 9.53 Å². The zero-order chi connectivity index (χ0) is 24.6. The van der Waals surface area contributed by atoms with E-state index in [0.717, 1.165) is 11.3 Å². The summed E-state index contributed by atoms with van der Waals surface area (Å²) in [5, 5.41) is 10.6. The highest BCUT2D eigenvalue weighted by atomic mass is 79.9. The van der Waals surface area contributed by atoms with Crippen molar-refractivity contribution in [2.24, 2.45) is 4.99 Å². The summed E-state index contributed by atoms with van der Waals surface area (Å²) in [6, 6.07) is 9.21. The molecule has 1 aromatic heterocycles. The fourth-order valence-corrected chi connectivity index (χ4v) is 5.52. The number of benzene rings is 2. The number of aromatic nitrogens is 1. The minimum absolute atomic E-state index is 0.00531. The maximum Gasteiger partial charge on any atom is 0.338 e. The average molecular weight is 564 g/mol. The Bertz CT molecular complexity index is 1510. The van der Waals surface area contributed by atoms with E-state index in [0.29, 0.717) is 41.4 Å². The fourth-order valence-electron chi connectivity index (χ4n) is 3.74. The molecule has 0 amide bonds. The van der Waals surface area contributed by atoms with E-state index < -0.39 is 12.0 Å². The van der Waals surface area contributed by atoms with Gasteiger partial charge in [0.2, 0.25) is 0 Å². The Morgan fingerprint density at radius 3 is 2.76 bits per heavy atom. The summed E-state index contributed by atoms with van der Waals surface area (Å²) in [7, 11) is 1.56. The zero-order valence-corrected chi connectivity index (χ0v) is 21.6. The number of rotatable bonds is 5. The van der Waals surface area contributed by atoms with E-state index in [1.54, 1.807) is 57.4 Å². The second-order valence-corrected chi connectivity index (χ2v) is 9.70. The van der Waals surface area contributed by atoms with Crippen molar-refractivity contribution < 1.29 is 19.4 Å². The van der Waals surface area contributed by atoms with E-state index in [4.69, 9.17) is 21.1 Å². The van der Waals surface area contributed by atoms with Gasteiger partial charge in [0.1, 0.15) is 11.5 Å². The van der Waals surface area contributed by atoms with Crippen LogP contribution in [0.5, 0.6) is 11.5 Å². The third-order valence-electron chi connectivity index (χ3n) is 5.28. The number of phenols is 1. The molecule has 1 N–H and O–H groups in total. The molecule has 1 atom stereocenters. The molecule has 3 aromatic rings. The first-order valence-electron chi connectivity index (χ1n) is 10.3. The third-order valence-corrected chi connectivity index (χ3v) is 7.12. The zero-order valence-electron chi connectivity index (χ0n) is 18.5. The van der Waals surface area contributed by atoms with Gasteiger partial charge in [-0.15, -0.1) is 0 Å². The van der Waals surface area contributed by atoms with Crippen molar-refractivity contribution in [3.63, 3.8) is 0 Å². The number of nitrogens with zero attached hydrogens (tertiary/aromatic N) is 2. The highest BCUT2D eigenvalue weighted by molar-refractivity contribution is 9.10. The number of aromatic hydroxyl groups is 1. The van der Waals surface area contributed by atoms with Crippen LogP contribution in [-0.4, -0.2) is 29.4 Å². The fraction of sp³-hybridized carbons (Fsp3) is 0.208. The summed E-state index contributed by atoms with van der Waals surface area (Å²) in [6.45, 7) is 3.63. The van der Waals surface area contributed by atoms with Crippen molar-refractivity contribution in [2.75, 3.05) is 13.7 Å². The highest BCUT2D eigenvalue weighted by Crippen LogP contribution is 2.35. The molecule has 0 fully saturated rings. The maximum atomic E-state index is 13.6. The summed E-state index contributed by atoms with van der Waals surface area (Å²) in [5.74, 6) is 0.0719. The first-order chi connectivity index (χ1) is 16.2. The van der Waals surface area contributed by atoms with Crippen molar-refractivity contribution in [3.8, 4) is 11.5 Å². The number of hydrogen-bond donors (Lipinski definition) is 1. The van der Waals surface area contributed by atoms with Gasteiger partial charge in [-0.1, -0.05) is 29.0 Å². The second kappa shape index (κ2) is 9.77. The van der Waals surface area contributed by atoms with Crippen molar-refractivity contribution >= 4 is 50.9 Å². The van der Waals surface area contributed by atoms with Crippen LogP contribution >= 0.6 is 38.9 Å². The van der Waals surface area contributed by atoms with E-state index in [-0.39, 0.29) is 23.5 Å². The largest absolute Gasteiger partial charge is 0.507 e. The highest BCUT2D eigenvalue weighted by Gasteiger charge is 2.33. The number of methoxy groups -OCH3 is 1. The summed E-state index contributed by atoms with van der Waals surface area (Å²) in [5.41, 5.74) is 1.48. The maximum absolute atomic E-state index is 13.6. The smallest absolute Gasteiger partial charge is 0.338 e. The molecule has 10 heteroatoms. The molecule has 1 aliphatic heterocycles. The lowest BCUT2D eigenvalue weighted by atomic mass is 9.96. The number of carbonyl (C=O) groups is 1. The van der Waals surface area contributed by atoms with E-state index in [1.165, 1.54) is 10.6 Å². The van der Waals surface area contributed by atoms with Gasteiger partial charge in [0.25, 0.3) is 5.56 Å². The monoisotopic (exact) mass is 562 g/mol. The molecule has 2 aromatic carbocycles. The first kappa shape index (κ1) is 24.3. The number of fused-ring (bicyclic) bond motifs is 1. The van der Waals surface area contributed by atoms with Gasteiger partial charge in [0.15, 0.2) is 4.80 Å². The van der Waals surface area contributed by atoms with Crippen molar-refractivity contribution in [3.05, 3.63) is 88.0 Å². The molecule has 4 rings (SSSR count). The molecule has 0 unspecified atom stereocenters. The molecule has 0 bridgehead atoms. The number of carbonyl (C=O) groups excluding carboxylic acids is 1. The molecular weight excluding hydrogens is 544 g/mol. The Balaban J connectivity index is 1.98. The van der Waals surface area contributed by atoms with Crippen LogP contribution in [0.1, 0.15) is 31.0 Å². The number of allylic oxidation sites excluding steroid dienone is 1. The molecule has 7 nitrogen and oxygen atoms in total. The number of phenolic OH excluding ortho intramolecular Hbond substituents is 1. The quantitative estimate of drug-likeness (QED) is 0.475. The van der Waals surface area contributed by atoms with E-state index in [9.17, 15) is 14.7 Å². The number of ether oxygens (including phenoxy) is 2. The Morgan fingerprint density at radius 2 is 2.09 bits per heavy atom. The molecule has 0 aliphatic carbocycles. The lowest BCUT2D eigenvalue weighted by Gasteiger charge is -2.25.